The molecule has 0 unspecified atom stereocenters. The summed E-state index contributed by atoms with van der Waals surface area (Å²) in [5.41, 5.74) is 1.67. The molecule has 0 bridgehead atoms. The maximum atomic E-state index is 9.81. The lowest BCUT2D eigenvalue weighted by molar-refractivity contribution is -0.137. The van der Waals surface area contributed by atoms with Crippen molar-refractivity contribution in [3.8, 4) is 11.5 Å². The zero-order valence-corrected chi connectivity index (χ0v) is 14.6. The first kappa shape index (κ1) is 20.0. The molecule has 1 aromatic carbocycles. The number of aliphatic carboxylic acids is 1. The van der Waals surface area contributed by atoms with Crippen molar-refractivity contribution < 1.29 is 29.8 Å². The Balaban J connectivity index is 0.000000381. The van der Waals surface area contributed by atoms with Crippen LogP contribution < -0.4 is 9.47 Å². The van der Waals surface area contributed by atoms with Crippen LogP contribution >= 0.6 is 0 Å². The number of fused-ring (bicyclic) bond motifs is 1. The lowest BCUT2D eigenvalue weighted by atomic mass is 9.92. The first-order valence-electron chi connectivity index (χ1n) is 7.49. The molecule has 0 spiro atoms. The molecule has 0 aromatic heterocycles. The van der Waals surface area contributed by atoms with E-state index < -0.39 is 5.97 Å². The van der Waals surface area contributed by atoms with E-state index >= 15 is 0 Å². The molecule has 0 atom stereocenters. The first-order chi connectivity index (χ1) is 11.9. The van der Waals surface area contributed by atoms with Gasteiger partial charge in [-0.25, -0.2) is 0 Å². The van der Waals surface area contributed by atoms with Crippen molar-refractivity contribution in [1.29, 1.82) is 0 Å². The summed E-state index contributed by atoms with van der Waals surface area (Å²) in [6, 6.07) is 3.38. The van der Waals surface area contributed by atoms with E-state index in [9.17, 15) is 4.79 Å². The van der Waals surface area contributed by atoms with Gasteiger partial charge in [0, 0.05) is 6.42 Å². The Hall–Kier alpha value is -3.03. The molecule has 0 amide bonds. The van der Waals surface area contributed by atoms with Gasteiger partial charge in [-0.1, -0.05) is 24.2 Å². The van der Waals surface area contributed by atoms with Crippen LogP contribution in [0.25, 0.3) is 0 Å². The molecule has 136 valence electrons. The van der Waals surface area contributed by atoms with E-state index in [0.29, 0.717) is 34.0 Å². The summed E-state index contributed by atoms with van der Waals surface area (Å²) in [5, 5.41) is 32.5. The fourth-order valence-corrected chi connectivity index (χ4v) is 2.25. The summed E-state index contributed by atoms with van der Waals surface area (Å²) < 4.78 is 10.4. The predicted octanol–water partition coefficient (Wildman–Crippen LogP) is 2.75. The Kier molecular flexibility index (Phi) is 7.45. The normalized spacial score (nSPS) is 15.6. The quantitative estimate of drug-likeness (QED) is 0.567. The molecule has 0 aliphatic heterocycles. The number of carboxylic acids is 1. The SMILES string of the molecule is CC(C)CC(=O)O.COc1ccc(OC)c2c1C(=NO)C=CC2=NO. The number of rotatable bonds is 4. The topological polar surface area (TPSA) is 121 Å². The largest absolute Gasteiger partial charge is 0.496 e. The number of hydrogen-bond acceptors (Lipinski definition) is 7. The standard InChI is InChI=1S/C12H12N2O4.C5H10O2/c1-17-9-5-6-10(18-2)12-8(14-16)4-3-7(13-15)11(9)12;1-4(2)3-5(6)7/h3-6,15-16H,1-2H3;4H,3H2,1-2H3,(H,6,7). The predicted molar refractivity (Wildman–Crippen MR) is 92.4 cm³/mol. The van der Waals surface area contributed by atoms with Crippen LogP contribution in [0, 0.1) is 5.92 Å². The van der Waals surface area contributed by atoms with Crippen molar-refractivity contribution in [3.05, 3.63) is 35.4 Å². The minimum Gasteiger partial charge on any atom is -0.496 e. The molecule has 25 heavy (non-hydrogen) atoms. The summed E-state index contributed by atoms with van der Waals surface area (Å²) in [6.07, 6.45) is 3.33. The molecule has 1 aliphatic carbocycles. The Morgan fingerprint density at radius 3 is 1.60 bits per heavy atom. The summed E-state index contributed by atoms with van der Waals surface area (Å²) >= 11 is 0. The summed E-state index contributed by atoms with van der Waals surface area (Å²) in [5.74, 6) is 0.570. The van der Waals surface area contributed by atoms with Crippen LogP contribution in [0.5, 0.6) is 11.5 Å². The molecule has 0 radical (unpaired) electrons. The zero-order chi connectivity index (χ0) is 19.0. The highest BCUT2D eigenvalue weighted by Crippen LogP contribution is 2.34. The summed E-state index contributed by atoms with van der Waals surface area (Å²) in [4.78, 5) is 9.81. The maximum Gasteiger partial charge on any atom is 0.303 e. The Bertz CT molecular complexity index is 658. The molecule has 0 saturated heterocycles. The van der Waals surface area contributed by atoms with Gasteiger partial charge in [0.05, 0.1) is 25.3 Å². The second kappa shape index (κ2) is 9.31. The number of ether oxygens (including phenoxy) is 2. The van der Waals surface area contributed by atoms with Crippen LogP contribution in [0.15, 0.2) is 34.6 Å². The van der Waals surface area contributed by atoms with Gasteiger partial charge in [-0.2, -0.15) is 0 Å². The minimum absolute atomic E-state index is 0.275. The molecule has 8 nitrogen and oxygen atoms in total. The van der Waals surface area contributed by atoms with Crippen LogP contribution in [0.4, 0.5) is 0 Å². The van der Waals surface area contributed by atoms with Crippen LogP contribution in [-0.2, 0) is 4.79 Å². The Labute approximate surface area is 145 Å². The third-order valence-electron chi connectivity index (χ3n) is 3.28. The second-order valence-electron chi connectivity index (χ2n) is 5.52. The van der Waals surface area contributed by atoms with Crippen LogP contribution in [0.1, 0.15) is 31.4 Å². The second-order valence-corrected chi connectivity index (χ2v) is 5.52. The van der Waals surface area contributed by atoms with Gasteiger partial charge in [-0.3, -0.25) is 4.79 Å². The van der Waals surface area contributed by atoms with Crippen LogP contribution in [0.2, 0.25) is 0 Å². The van der Waals surface area contributed by atoms with Crippen LogP contribution in [0.3, 0.4) is 0 Å². The van der Waals surface area contributed by atoms with E-state index in [4.69, 9.17) is 25.0 Å². The average molecular weight is 350 g/mol. The van der Waals surface area contributed by atoms with E-state index in [1.807, 2.05) is 13.8 Å². The van der Waals surface area contributed by atoms with Crippen LogP contribution in [-0.4, -0.2) is 47.1 Å². The summed E-state index contributed by atoms with van der Waals surface area (Å²) in [7, 11) is 3.01. The monoisotopic (exact) mass is 350 g/mol. The lowest BCUT2D eigenvalue weighted by Gasteiger charge is -2.19. The Morgan fingerprint density at radius 1 is 1.00 bits per heavy atom. The summed E-state index contributed by atoms with van der Waals surface area (Å²) in [6.45, 7) is 3.77. The van der Waals surface area contributed by atoms with Gasteiger partial charge in [0.25, 0.3) is 0 Å². The van der Waals surface area contributed by atoms with Crippen molar-refractivity contribution in [1.82, 2.24) is 0 Å². The maximum absolute atomic E-state index is 9.81. The van der Waals surface area contributed by atoms with E-state index in [0.717, 1.165) is 0 Å². The molecule has 8 heteroatoms. The van der Waals surface area contributed by atoms with Gasteiger partial charge in [-0.15, -0.1) is 0 Å². The van der Waals surface area contributed by atoms with E-state index in [2.05, 4.69) is 10.3 Å². The van der Waals surface area contributed by atoms with Crippen molar-refractivity contribution in [3.63, 3.8) is 0 Å². The average Bonchev–Trinajstić information content (AvgIpc) is 2.59. The number of benzene rings is 1. The van der Waals surface area contributed by atoms with E-state index in [1.165, 1.54) is 26.4 Å². The number of allylic oxidation sites excluding steroid dienone is 2. The fourth-order valence-electron chi connectivity index (χ4n) is 2.25. The van der Waals surface area contributed by atoms with E-state index in [1.54, 1.807) is 12.1 Å². The van der Waals surface area contributed by atoms with Crippen molar-refractivity contribution in [2.24, 2.45) is 16.2 Å². The first-order valence-corrected chi connectivity index (χ1v) is 7.49. The molecular weight excluding hydrogens is 328 g/mol. The molecule has 0 saturated carbocycles. The van der Waals surface area contributed by atoms with Gasteiger partial charge in [0.15, 0.2) is 0 Å². The number of nitrogens with zero attached hydrogens (tertiary/aromatic N) is 2. The molecular formula is C17H22N2O6. The van der Waals surface area contributed by atoms with Crippen molar-refractivity contribution in [2.45, 2.75) is 20.3 Å². The minimum atomic E-state index is -0.713. The van der Waals surface area contributed by atoms with E-state index in [-0.39, 0.29) is 12.3 Å². The van der Waals surface area contributed by atoms with Crippen molar-refractivity contribution in [2.75, 3.05) is 14.2 Å². The fraction of sp³-hybridized carbons (Fsp3) is 0.353. The molecule has 0 heterocycles. The number of oxime groups is 2. The molecule has 1 aromatic rings. The number of carbonyl (C=O) groups is 1. The highest BCUT2D eigenvalue weighted by Gasteiger charge is 2.25. The molecule has 2 rings (SSSR count). The molecule has 0 fully saturated rings. The molecule has 1 aliphatic rings. The number of carboxylic acid groups (broad SMARTS) is 1. The van der Waals surface area contributed by atoms with Gasteiger partial charge in [-0.05, 0) is 30.2 Å². The number of hydrogen-bond donors (Lipinski definition) is 3. The lowest BCUT2D eigenvalue weighted by Crippen LogP contribution is -2.16. The smallest absolute Gasteiger partial charge is 0.303 e. The Morgan fingerprint density at radius 2 is 1.40 bits per heavy atom. The van der Waals surface area contributed by atoms with Gasteiger partial charge in [0.2, 0.25) is 0 Å². The third kappa shape index (κ3) is 4.97. The highest BCUT2D eigenvalue weighted by atomic mass is 16.5. The zero-order valence-electron chi connectivity index (χ0n) is 14.6. The van der Waals surface area contributed by atoms with Crippen molar-refractivity contribution >= 4 is 17.4 Å². The van der Waals surface area contributed by atoms with Gasteiger partial charge in [0.1, 0.15) is 22.9 Å². The number of methoxy groups -OCH3 is 2. The molecule has 3 N–H and O–H groups in total. The third-order valence-corrected chi connectivity index (χ3v) is 3.28. The van der Waals surface area contributed by atoms with Gasteiger partial charge < -0.3 is 25.0 Å². The van der Waals surface area contributed by atoms with Gasteiger partial charge >= 0.3 is 5.97 Å². The highest BCUT2D eigenvalue weighted by molar-refractivity contribution is 6.27.